The Morgan fingerprint density at radius 2 is 0.768 bits per heavy atom. The number of piperidine rings is 3. The molecular weight excluding hydrogens is 839 g/mol. The van der Waals surface area contributed by atoms with Crippen LogP contribution in [0, 0.1) is 96.6 Å². The van der Waals surface area contributed by atoms with Gasteiger partial charge in [-0.05, 0) is 274 Å². The van der Waals surface area contributed by atoms with Crippen molar-refractivity contribution in [1.29, 1.82) is 0 Å². The third-order valence-electron chi connectivity index (χ3n) is 20.4. The summed E-state index contributed by atoms with van der Waals surface area (Å²) in [5.74, 6) is 9.49. The van der Waals surface area contributed by atoms with Gasteiger partial charge < -0.3 is 24.5 Å². The van der Waals surface area contributed by atoms with Crippen molar-refractivity contribution in [2.24, 2.45) is 96.6 Å². The molecule has 5 aliphatic heterocycles. The van der Waals surface area contributed by atoms with Crippen molar-refractivity contribution in [1.82, 2.24) is 24.5 Å². The summed E-state index contributed by atoms with van der Waals surface area (Å²) >= 11 is 0. The largest absolute Gasteiger partial charge is 0.306 e. The highest BCUT2D eigenvalue weighted by Crippen LogP contribution is 2.64. The van der Waals surface area contributed by atoms with Crippen LogP contribution in [0.25, 0.3) is 0 Å². The molecule has 0 aromatic carbocycles. The van der Waals surface area contributed by atoms with E-state index >= 15 is 0 Å². The van der Waals surface area contributed by atoms with Gasteiger partial charge in [0.25, 0.3) is 0 Å². The van der Waals surface area contributed by atoms with Gasteiger partial charge in [-0.3, -0.25) is 0 Å². The van der Waals surface area contributed by atoms with E-state index in [0.29, 0.717) is 27.1 Å². The minimum atomic E-state index is 0.528. The number of hydrogen-bond acceptors (Lipinski definition) is 5. The molecule has 9 unspecified atom stereocenters. The van der Waals surface area contributed by atoms with Crippen molar-refractivity contribution in [2.45, 2.75) is 213 Å². The second-order valence-electron chi connectivity index (χ2n) is 33.6. The lowest BCUT2D eigenvalue weighted by atomic mass is 9.79. The zero-order valence-corrected chi connectivity index (χ0v) is 50.5. The number of likely N-dealkylation sites (tertiary alicyclic amines) is 5. The van der Waals surface area contributed by atoms with Crippen LogP contribution in [0.3, 0.4) is 0 Å². The van der Waals surface area contributed by atoms with Crippen LogP contribution in [-0.2, 0) is 0 Å². The lowest BCUT2D eigenvalue weighted by molar-refractivity contribution is 0.181. The van der Waals surface area contributed by atoms with Gasteiger partial charge in [0, 0.05) is 32.7 Å². The van der Waals surface area contributed by atoms with Gasteiger partial charge in [-0.1, -0.05) is 104 Å². The highest BCUT2D eigenvalue weighted by Gasteiger charge is 2.58. The quantitative estimate of drug-likeness (QED) is 0.252. The Balaban J connectivity index is 0.000000142. The fourth-order valence-corrected chi connectivity index (χ4v) is 15.9. The van der Waals surface area contributed by atoms with E-state index in [2.05, 4.69) is 164 Å². The Morgan fingerprint density at radius 1 is 0.377 bits per heavy atom. The Kier molecular flexibility index (Phi) is 18.7. The summed E-state index contributed by atoms with van der Waals surface area (Å²) in [5.41, 5.74) is 5.05. The predicted octanol–water partition coefficient (Wildman–Crippen LogP) is 15.1. The van der Waals surface area contributed by atoms with Crippen molar-refractivity contribution in [3.05, 3.63) is 0 Å². The lowest BCUT2D eigenvalue weighted by Gasteiger charge is -2.31. The minimum Gasteiger partial charge on any atom is -0.306 e. The van der Waals surface area contributed by atoms with Crippen LogP contribution in [0.5, 0.6) is 0 Å². The first kappa shape index (κ1) is 58.1. The molecular formula is C64H123N5. The summed E-state index contributed by atoms with van der Waals surface area (Å²) in [4.78, 5) is 12.5. The zero-order valence-electron chi connectivity index (χ0n) is 50.5. The summed E-state index contributed by atoms with van der Waals surface area (Å²) in [6, 6.07) is 0. The van der Waals surface area contributed by atoms with Crippen LogP contribution in [-0.4, -0.2) is 125 Å². The molecule has 10 aliphatic rings. The normalized spacial score (nSPS) is 36.1. The molecule has 0 amide bonds. The van der Waals surface area contributed by atoms with Crippen molar-refractivity contribution in [3.8, 4) is 0 Å². The van der Waals surface area contributed by atoms with Gasteiger partial charge in [0.1, 0.15) is 0 Å². The van der Waals surface area contributed by atoms with Gasteiger partial charge >= 0.3 is 0 Å². The molecule has 69 heavy (non-hydrogen) atoms. The molecule has 0 bridgehead atoms. The molecule has 0 radical (unpaired) electrons. The summed E-state index contributed by atoms with van der Waals surface area (Å²) < 4.78 is 0. The van der Waals surface area contributed by atoms with Gasteiger partial charge in [-0.15, -0.1) is 0 Å². The lowest BCUT2D eigenvalue weighted by Crippen LogP contribution is -2.32. The average molecular weight is 963 g/mol. The number of fused-ring (bicyclic) bond motifs is 2. The van der Waals surface area contributed by atoms with Crippen molar-refractivity contribution < 1.29 is 0 Å². The van der Waals surface area contributed by atoms with E-state index in [1.54, 1.807) is 0 Å². The monoisotopic (exact) mass is 962 g/mol. The van der Waals surface area contributed by atoms with Gasteiger partial charge in [0.05, 0.1) is 0 Å². The van der Waals surface area contributed by atoms with Crippen LogP contribution in [0.4, 0.5) is 0 Å². The highest BCUT2D eigenvalue weighted by atomic mass is 15.2. The first-order chi connectivity index (χ1) is 31.7. The third-order valence-corrected chi connectivity index (χ3v) is 20.4. The summed E-state index contributed by atoms with van der Waals surface area (Å²) in [5, 5.41) is 0. The molecule has 5 saturated heterocycles. The molecule has 3 spiro atoms. The molecule has 404 valence electrons. The SMILES string of the molecule is CN1CC2C(CCC(C)(C)C)C2C1.CN1CC2CCC(CC(C)(C)C)C2C1.CN1CCC2(CC1)CC2CC(C)(C)C.CN1CCC2(CC1)CC2CCC(C)(C)C.CN1CCC2(CC2CC(C)(C)C)C1. The second-order valence-corrected chi connectivity index (χ2v) is 33.6. The molecule has 10 fully saturated rings. The van der Waals surface area contributed by atoms with Gasteiger partial charge in [-0.25, -0.2) is 0 Å². The first-order valence-corrected chi connectivity index (χ1v) is 30.1. The van der Waals surface area contributed by atoms with E-state index in [9.17, 15) is 0 Å². The van der Waals surface area contributed by atoms with Crippen molar-refractivity contribution in [2.75, 3.05) is 101 Å². The molecule has 5 nitrogen and oxygen atoms in total. The van der Waals surface area contributed by atoms with Crippen LogP contribution >= 0.6 is 0 Å². The molecule has 10 rings (SSSR count). The van der Waals surface area contributed by atoms with Crippen molar-refractivity contribution in [3.63, 3.8) is 0 Å². The highest BCUT2D eigenvalue weighted by molar-refractivity contribution is 5.09. The molecule has 5 heteroatoms. The van der Waals surface area contributed by atoms with E-state index < -0.39 is 0 Å². The van der Waals surface area contributed by atoms with Crippen LogP contribution in [0.15, 0.2) is 0 Å². The van der Waals surface area contributed by atoms with Crippen molar-refractivity contribution >= 4 is 0 Å². The van der Waals surface area contributed by atoms with E-state index in [1.165, 1.54) is 175 Å². The van der Waals surface area contributed by atoms with E-state index in [1.807, 2.05) is 0 Å². The maximum atomic E-state index is 2.53. The summed E-state index contributed by atoms with van der Waals surface area (Å²) in [6.45, 7) is 49.2. The maximum absolute atomic E-state index is 2.53. The topological polar surface area (TPSA) is 16.2 Å². The molecule has 5 saturated carbocycles. The smallest absolute Gasteiger partial charge is 0.00382 e. The minimum absolute atomic E-state index is 0.528. The molecule has 0 aromatic heterocycles. The Hall–Kier alpha value is -0.200. The molecule has 5 heterocycles. The van der Waals surface area contributed by atoms with Gasteiger partial charge in [-0.2, -0.15) is 0 Å². The predicted molar refractivity (Wildman–Crippen MR) is 302 cm³/mol. The summed E-state index contributed by atoms with van der Waals surface area (Å²) in [6.07, 6.45) is 25.0. The molecule has 5 aliphatic carbocycles. The van der Waals surface area contributed by atoms with Crippen LogP contribution in [0.1, 0.15) is 213 Å². The van der Waals surface area contributed by atoms with E-state index in [-0.39, 0.29) is 0 Å². The van der Waals surface area contributed by atoms with Gasteiger partial charge in [0.15, 0.2) is 0 Å². The third kappa shape index (κ3) is 18.0. The Morgan fingerprint density at radius 3 is 1.23 bits per heavy atom. The molecule has 0 N–H and O–H groups in total. The molecule has 9 atom stereocenters. The fraction of sp³-hybridized carbons (Fsp3) is 1.00. The zero-order chi connectivity index (χ0) is 51.2. The Labute approximate surface area is 432 Å². The van der Waals surface area contributed by atoms with E-state index in [0.717, 1.165) is 69.5 Å². The molecule has 0 aromatic rings. The second kappa shape index (κ2) is 22.2. The number of rotatable bonds is 7. The number of nitrogens with zero attached hydrogens (tertiary/aromatic N) is 5. The van der Waals surface area contributed by atoms with E-state index in [4.69, 9.17) is 0 Å². The summed E-state index contributed by atoms with van der Waals surface area (Å²) in [7, 11) is 11.3. The standard InChI is InChI=1S/C14H27N.2C13H25N.2C12H23N/c1-13(2,3)6-5-12-11-14(12)7-9-15(4)10-8-14;1-12(2,3)9-11-10-13(11)5-7-14(4)8-6-13;1-13(2,3)7-10-5-6-11-8-14(4)9-12(10)11;1-11(2,3)7-10-8-12(10)5-6-13(4)9-12;1-12(2,3)6-5-9-10-7-13(4)8-11(9)10/h12H,5-11H2,1-4H3;11H,5-10H2,1-4H3;10-12H,5-9H2,1-4H3;10H,5-9H2,1-4H3;9-11H,5-8H2,1-4H3. The van der Waals surface area contributed by atoms with Crippen LogP contribution in [0.2, 0.25) is 0 Å². The first-order valence-electron chi connectivity index (χ1n) is 30.1. The maximum Gasteiger partial charge on any atom is 0.00382 e. The van der Waals surface area contributed by atoms with Gasteiger partial charge in [0.2, 0.25) is 0 Å². The fourth-order valence-electron chi connectivity index (χ4n) is 15.9. The average Bonchev–Trinajstić information content (AvgIpc) is 4.13. The Bertz CT molecular complexity index is 1550. The number of hydrogen-bond donors (Lipinski definition) is 0. The van der Waals surface area contributed by atoms with Crippen LogP contribution < -0.4 is 0 Å².